The summed E-state index contributed by atoms with van der Waals surface area (Å²) >= 11 is 5.92. The van der Waals surface area contributed by atoms with Crippen LogP contribution in [0.25, 0.3) is 5.65 Å². The molecule has 0 aliphatic carbocycles. The van der Waals surface area contributed by atoms with Crippen LogP contribution in [0.1, 0.15) is 11.1 Å². The van der Waals surface area contributed by atoms with E-state index in [-0.39, 0.29) is 0 Å². The summed E-state index contributed by atoms with van der Waals surface area (Å²) in [7, 11) is 0. The molecular weight excluding hydrogens is 274 g/mol. The second-order valence-electron chi connectivity index (χ2n) is 4.41. The topological polar surface area (TPSA) is 68.2 Å². The first-order valence-corrected chi connectivity index (χ1v) is 6.67. The second-order valence-corrected chi connectivity index (χ2v) is 4.85. The molecule has 0 fully saturated rings. The number of aromatic nitrogens is 3. The van der Waals surface area contributed by atoms with Gasteiger partial charge in [0.1, 0.15) is 0 Å². The van der Waals surface area contributed by atoms with Crippen molar-refractivity contribution in [2.75, 3.05) is 5.32 Å². The van der Waals surface area contributed by atoms with Crippen LogP contribution in [0.15, 0.2) is 42.6 Å². The number of pyridine rings is 1. The molecule has 0 spiro atoms. The summed E-state index contributed by atoms with van der Waals surface area (Å²) in [5, 5.41) is 8.15. The number of nitrogens with zero attached hydrogens (tertiary/aromatic N) is 3. The van der Waals surface area contributed by atoms with Crippen LogP contribution in [0.3, 0.4) is 0 Å². The van der Waals surface area contributed by atoms with Gasteiger partial charge >= 0.3 is 0 Å². The summed E-state index contributed by atoms with van der Waals surface area (Å²) in [4.78, 5) is 4.38. The molecule has 20 heavy (non-hydrogen) atoms. The lowest BCUT2D eigenvalue weighted by Crippen LogP contribution is -2.07. The quantitative estimate of drug-likeness (QED) is 0.773. The van der Waals surface area contributed by atoms with E-state index in [0.717, 1.165) is 16.8 Å². The molecule has 102 valence electrons. The maximum absolute atomic E-state index is 5.92. The zero-order chi connectivity index (χ0) is 13.9. The molecule has 0 aliphatic rings. The maximum atomic E-state index is 5.92. The summed E-state index contributed by atoms with van der Waals surface area (Å²) in [5.74, 6) is 0.569. The Morgan fingerprint density at radius 2 is 1.95 bits per heavy atom. The average Bonchev–Trinajstić information content (AvgIpc) is 2.87. The van der Waals surface area contributed by atoms with E-state index in [1.165, 1.54) is 0 Å². The second kappa shape index (κ2) is 5.48. The fourth-order valence-electron chi connectivity index (χ4n) is 2.04. The van der Waals surface area contributed by atoms with Crippen molar-refractivity contribution >= 4 is 23.2 Å². The van der Waals surface area contributed by atoms with Gasteiger partial charge in [0.15, 0.2) is 5.65 Å². The first-order valence-electron chi connectivity index (χ1n) is 6.29. The third-order valence-electron chi connectivity index (χ3n) is 3.07. The van der Waals surface area contributed by atoms with Crippen molar-refractivity contribution in [1.29, 1.82) is 0 Å². The highest BCUT2D eigenvalue weighted by molar-refractivity contribution is 6.30. The third kappa shape index (κ3) is 2.59. The molecule has 6 heteroatoms. The molecule has 5 nitrogen and oxygen atoms in total. The molecule has 3 rings (SSSR count). The Balaban J connectivity index is 1.79. The summed E-state index contributed by atoms with van der Waals surface area (Å²) in [5.41, 5.74) is 8.74. The first-order chi connectivity index (χ1) is 9.76. The van der Waals surface area contributed by atoms with Crippen molar-refractivity contribution < 1.29 is 0 Å². The molecular formula is C14H14ClN5. The molecule has 0 saturated heterocycles. The summed E-state index contributed by atoms with van der Waals surface area (Å²) in [6.07, 6.45) is 1.73. The minimum Gasteiger partial charge on any atom is -0.349 e. The van der Waals surface area contributed by atoms with Gasteiger partial charge in [-0.1, -0.05) is 35.9 Å². The van der Waals surface area contributed by atoms with E-state index < -0.39 is 0 Å². The average molecular weight is 288 g/mol. The number of fused-ring (bicyclic) bond motifs is 1. The lowest BCUT2D eigenvalue weighted by molar-refractivity contribution is 0.943. The standard InChI is InChI=1S/C14H14ClN5/c15-12-5-6-13-18-14(19-20(13)9-12)17-8-11-4-2-1-3-10(11)7-16/h1-6,9H,7-8,16H2,(H,17,19). The first kappa shape index (κ1) is 12.9. The highest BCUT2D eigenvalue weighted by Gasteiger charge is 2.05. The molecule has 0 radical (unpaired) electrons. The smallest absolute Gasteiger partial charge is 0.243 e. The number of halogens is 1. The Bertz CT molecular complexity index is 737. The van der Waals surface area contributed by atoms with E-state index >= 15 is 0 Å². The zero-order valence-electron chi connectivity index (χ0n) is 10.8. The van der Waals surface area contributed by atoms with Crippen LogP contribution in [-0.4, -0.2) is 14.6 Å². The highest BCUT2D eigenvalue weighted by atomic mass is 35.5. The van der Waals surface area contributed by atoms with E-state index in [2.05, 4.69) is 15.4 Å². The normalized spacial score (nSPS) is 10.9. The van der Waals surface area contributed by atoms with Gasteiger partial charge in [0, 0.05) is 19.3 Å². The monoisotopic (exact) mass is 287 g/mol. The number of rotatable bonds is 4. The Morgan fingerprint density at radius 1 is 1.15 bits per heavy atom. The van der Waals surface area contributed by atoms with Gasteiger partial charge < -0.3 is 11.1 Å². The molecule has 0 saturated carbocycles. The Morgan fingerprint density at radius 3 is 2.75 bits per heavy atom. The van der Waals surface area contributed by atoms with Crippen molar-refractivity contribution in [3.8, 4) is 0 Å². The zero-order valence-corrected chi connectivity index (χ0v) is 11.5. The molecule has 0 atom stereocenters. The molecule has 0 unspecified atom stereocenters. The Hall–Kier alpha value is -2.11. The third-order valence-corrected chi connectivity index (χ3v) is 3.29. The van der Waals surface area contributed by atoms with Crippen LogP contribution >= 0.6 is 11.6 Å². The molecule has 3 aromatic rings. The minimum absolute atomic E-state index is 0.520. The SMILES string of the molecule is NCc1ccccc1CNc1nc2ccc(Cl)cn2n1. The predicted molar refractivity (Wildman–Crippen MR) is 79.7 cm³/mol. The summed E-state index contributed by atoms with van der Waals surface area (Å²) < 4.78 is 1.65. The summed E-state index contributed by atoms with van der Waals surface area (Å²) in [6, 6.07) is 11.7. The molecule has 2 heterocycles. The van der Waals surface area contributed by atoms with Crippen LogP contribution in [0.5, 0.6) is 0 Å². The van der Waals surface area contributed by atoms with Gasteiger partial charge in [-0.05, 0) is 23.3 Å². The van der Waals surface area contributed by atoms with Crippen LogP contribution in [0, 0.1) is 0 Å². The molecule has 0 amide bonds. The number of nitrogens with two attached hydrogens (primary N) is 1. The maximum Gasteiger partial charge on any atom is 0.243 e. The fraction of sp³-hybridized carbons (Fsp3) is 0.143. The van der Waals surface area contributed by atoms with E-state index in [9.17, 15) is 0 Å². The van der Waals surface area contributed by atoms with Crippen molar-refractivity contribution in [3.05, 3.63) is 58.7 Å². The minimum atomic E-state index is 0.520. The van der Waals surface area contributed by atoms with Gasteiger partial charge in [0.2, 0.25) is 5.95 Å². The van der Waals surface area contributed by atoms with Gasteiger partial charge in [0.25, 0.3) is 0 Å². The van der Waals surface area contributed by atoms with Crippen molar-refractivity contribution in [2.45, 2.75) is 13.1 Å². The lowest BCUT2D eigenvalue weighted by atomic mass is 10.1. The number of benzene rings is 1. The van der Waals surface area contributed by atoms with E-state index in [0.29, 0.717) is 24.1 Å². The van der Waals surface area contributed by atoms with Crippen LogP contribution < -0.4 is 11.1 Å². The van der Waals surface area contributed by atoms with E-state index in [1.807, 2.05) is 30.3 Å². The Kier molecular flexibility index (Phi) is 3.54. The molecule has 1 aromatic carbocycles. The van der Waals surface area contributed by atoms with Gasteiger partial charge in [-0.3, -0.25) is 0 Å². The van der Waals surface area contributed by atoms with Gasteiger partial charge in [-0.25, -0.2) is 4.52 Å². The number of nitrogens with one attached hydrogen (secondary N) is 1. The largest absolute Gasteiger partial charge is 0.349 e. The number of hydrogen-bond donors (Lipinski definition) is 2. The molecule has 3 N–H and O–H groups in total. The molecule has 0 bridgehead atoms. The van der Waals surface area contributed by atoms with Crippen molar-refractivity contribution in [3.63, 3.8) is 0 Å². The van der Waals surface area contributed by atoms with Crippen molar-refractivity contribution in [2.24, 2.45) is 5.73 Å². The highest BCUT2D eigenvalue weighted by Crippen LogP contribution is 2.13. The lowest BCUT2D eigenvalue weighted by Gasteiger charge is -2.07. The fourth-order valence-corrected chi connectivity index (χ4v) is 2.19. The van der Waals surface area contributed by atoms with E-state index in [1.54, 1.807) is 16.8 Å². The predicted octanol–water partition coefficient (Wildman–Crippen LogP) is 2.45. The van der Waals surface area contributed by atoms with Gasteiger partial charge in [-0.2, -0.15) is 4.98 Å². The number of anilines is 1. The van der Waals surface area contributed by atoms with Crippen LogP contribution in [0.4, 0.5) is 5.95 Å². The number of hydrogen-bond acceptors (Lipinski definition) is 4. The molecule has 0 aliphatic heterocycles. The molecule has 2 aromatic heterocycles. The van der Waals surface area contributed by atoms with Crippen LogP contribution in [0.2, 0.25) is 5.02 Å². The van der Waals surface area contributed by atoms with Gasteiger partial charge in [0.05, 0.1) is 5.02 Å². The van der Waals surface area contributed by atoms with E-state index in [4.69, 9.17) is 17.3 Å². The Labute approximate surface area is 121 Å². The van der Waals surface area contributed by atoms with Crippen molar-refractivity contribution in [1.82, 2.24) is 14.6 Å². The van der Waals surface area contributed by atoms with Crippen LogP contribution in [-0.2, 0) is 13.1 Å². The summed E-state index contributed by atoms with van der Waals surface area (Å²) in [6.45, 7) is 1.16. The van der Waals surface area contributed by atoms with Gasteiger partial charge in [-0.15, -0.1) is 5.10 Å².